The lowest BCUT2D eigenvalue weighted by molar-refractivity contribution is 0.601. The van der Waals surface area contributed by atoms with E-state index in [9.17, 15) is 8.42 Å². The van der Waals surface area contributed by atoms with Crippen molar-refractivity contribution in [2.75, 3.05) is 4.72 Å². The van der Waals surface area contributed by atoms with Crippen molar-refractivity contribution in [3.8, 4) is 0 Å². The number of sulfonamides is 1. The molecule has 0 radical (unpaired) electrons. The molecule has 0 spiro atoms. The summed E-state index contributed by atoms with van der Waals surface area (Å²) in [6.45, 7) is 0. The van der Waals surface area contributed by atoms with E-state index in [1.165, 1.54) is 12.1 Å². The molecule has 0 amide bonds. The Balaban J connectivity index is 1.98. The molecule has 0 unspecified atom stereocenters. The van der Waals surface area contributed by atoms with Gasteiger partial charge in [-0.05, 0) is 47.2 Å². The van der Waals surface area contributed by atoms with Gasteiger partial charge in [-0.3, -0.25) is 4.72 Å². The molecule has 0 aliphatic heterocycles. The van der Waals surface area contributed by atoms with Crippen LogP contribution in [0, 0.1) is 0 Å². The molecule has 108 valence electrons. The number of thiophene rings is 1. The molecule has 2 aromatic heterocycles. The van der Waals surface area contributed by atoms with Crippen molar-refractivity contribution in [3.05, 3.63) is 52.1 Å². The predicted molar refractivity (Wildman–Crippen MR) is 86.9 cm³/mol. The van der Waals surface area contributed by atoms with E-state index in [4.69, 9.17) is 23.2 Å². The maximum Gasteiger partial charge on any atom is 0.264 e. The first-order valence-corrected chi connectivity index (χ1v) is 8.90. The maximum absolute atomic E-state index is 12.3. The van der Waals surface area contributed by atoms with E-state index in [-0.39, 0.29) is 15.2 Å². The van der Waals surface area contributed by atoms with E-state index in [0.717, 1.165) is 10.1 Å². The molecule has 0 saturated heterocycles. The van der Waals surface area contributed by atoms with Crippen LogP contribution in [0.25, 0.3) is 10.1 Å². The fourth-order valence-corrected chi connectivity index (χ4v) is 4.32. The summed E-state index contributed by atoms with van der Waals surface area (Å²) >= 11 is 13.1. The van der Waals surface area contributed by atoms with Crippen molar-refractivity contribution in [1.29, 1.82) is 0 Å². The number of pyridine rings is 1. The largest absolute Gasteiger partial charge is 0.280 e. The van der Waals surface area contributed by atoms with E-state index in [0.29, 0.717) is 5.69 Å². The van der Waals surface area contributed by atoms with Gasteiger partial charge in [0.25, 0.3) is 10.0 Å². The zero-order chi connectivity index (χ0) is 15.0. The van der Waals surface area contributed by atoms with Crippen LogP contribution in [-0.2, 0) is 10.0 Å². The van der Waals surface area contributed by atoms with Gasteiger partial charge in [0, 0.05) is 10.4 Å². The van der Waals surface area contributed by atoms with Crippen LogP contribution in [0.3, 0.4) is 0 Å². The number of halogens is 2. The number of hydrogen-bond donors (Lipinski definition) is 1. The highest BCUT2D eigenvalue weighted by molar-refractivity contribution is 7.92. The lowest BCUT2D eigenvalue weighted by Gasteiger charge is -2.09. The number of rotatable bonds is 3. The molecule has 0 aliphatic rings. The summed E-state index contributed by atoms with van der Waals surface area (Å²) < 4.78 is 28.2. The molecule has 0 fully saturated rings. The molecule has 1 aromatic carbocycles. The monoisotopic (exact) mass is 358 g/mol. The second-order valence-electron chi connectivity index (χ2n) is 4.20. The van der Waals surface area contributed by atoms with Crippen LogP contribution in [0.4, 0.5) is 5.69 Å². The van der Waals surface area contributed by atoms with Crippen molar-refractivity contribution in [1.82, 2.24) is 4.98 Å². The number of aromatic nitrogens is 1. The normalized spacial score (nSPS) is 11.7. The van der Waals surface area contributed by atoms with E-state index in [1.54, 1.807) is 23.5 Å². The Hall–Kier alpha value is -1.34. The fourth-order valence-electron chi connectivity index (χ4n) is 1.84. The van der Waals surface area contributed by atoms with Gasteiger partial charge in [-0.25, -0.2) is 13.4 Å². The van der Waals surface area contributed by atoms with Gasteiger partial charge >= 0.3 is 0 Å². The third-order valence-corrected chi connectivity index (χ3v) is 5.70. The molecule has 4 nitrogen and oxygen atoms in total. The Labute approximate surface area is 135 Å². The Kier molecular flexibility index (Phi) is 3.79. The third kappa shape index (κ3) is 2.98. The molecule has 3 rings (SSSR count). The van der Waals surface area contributed by atoms with Crippen molar-refractivity contribution in [3.63, 3.8) is 0 Å². The zero-order valence-electron chi connectivity index (χ0n) is 10.4. The van der Waals surface area contributed by atoms with Crippen LogP contribution in [0.15, 0.2) is 46.7 Å². The number of nitrogens with zero attached hydrogens (tertiary/aromatic N) is 1. The first-order chi connectivity index (χ1) is 9.95. The molecule has 3 aromatic rings. The Morgan fingerprint density at radius 3 is 2.67 bits per heavy atom. The minimum Gasteiger partial charge on any atom is -0.280 e. The third-order valence-electron chi connectivity index (χ3n) is 2.77. The van der Waals surface area contributed by atoms with E-state index >= 15 is 0 Å². The second-order valence-corrected chi connectivity index (χ2v) is 7.55. The summed E-state index contributed by atoms with van der Waals surface area (Å²) in [5.41, 5.74) is 0.465. The topological polar surface area (TPSA) is 59.1 Å². The second kappa shape index (κ2) is 5.46. The number of hydrogen-bond acceptors (Lipinski definition) is 4. The van der Waals surface area contributed by atoms with E-state index < -0.39 is 10.0 Å². The van der Waals surface area contributed by atoms with E-state index in [1.807, 2.05) is 17.5 Å². The smallest absolute Gasteiger partial charge is 0.264 e. The van der Waals surface area contributed by atoms with Crippen LogP contribution >= 0.6 is 34.5 Å². The average Bonchev–Trinajstić information content (AvgIpc) is 2.85. The first kappa shape index (κ1) is 14.6. The highest BCUT2D eigenvalue weighted by Gasteiger charge is 2.19. The highest BCUT2D eigenvalue weighted by Crippen LogP contribution is 2.27. The maximum atomic E-state index is 12.3. The molecule has 0 atom stereocenters. The summed E-state index contributed by atoms with van der Waals surface area (Å²) in [5, 5.41) is 2.90. The van der Waals surface area contributed by atoms with Gasteiger partial charge in [-0.15, -0.1) is 11.3 Å². The first-order valence-electron chi connectivity index (χ1n) is 5.78. The molecule has 0 aliphatic carbocycles. The lowest BCUT2D eigenvalue weighted by atomic mass is 10.2. The Morgan fingerprint density at radius 1 is 1.10 bits per heavy atom. The quantitative estimate of drug-likeness (QED) is 0.705. The Morgan fingerprint density at radius 2 is 1.90 bits per heavy atom. The van der Waals surface area contributed by atoms with Gasteiger partial charge in [0.15, 0.2) is 5.15 Å². The number of fused-ring (bicyclic) bond motifs is 1. The van der Waals surface area contributed by atoms with Crippen LogP contribution in [0.5, 0.6) is 0 Å². The van der Waals surface area contributed by atoms with Gasteiger partial charge in [0.2, 0.25) is 0 Å². The average molecular weight is 359 g/mol. The Bertz CT molecular complexity index is 923. The SMILES string of the molecule is O=S(=O)(Nc1ccc2sccc2c1)c1ccc(Cl)nc1Cl. The zero-order valence-corrected chi connectivity index (χ0v) is 13.5. The molecular formula is C13H8Cl2N2O2S2. The van der Waals surface area contributed by atoms with Gasteiger partial charge in [-0.1, -0.05) is 23.2 Å². The minimum atomic E-state index is -3.81. The number of anilines is 1. The van der Waals surface area contributed by atoms with Crippen molar-refractivity contribution in [2.45, 2.75) is 4.90 Å². The summed E-state index contributed by atoms with van der Waals surface area (Å²) in [5.74, 6) is 0. The summed E-state index contributed by atoms with van der Waals surface area (Å²) in [6.07, 6.45) is 0. The van der Waals surface area contributed by atoms with Crippen molar-refractivity contribution < 1.29 is 8.42 Å². The summed E-state index contributed by atoms with van der Waals surface area (Å²) in [4.78, 5) is 3.62. The lowest BCUT2D eigenvalue weighted by Crippen LogP contribution is -2.13. The standard InChI is InChI=1S/C13H8Cl2N2O2S2/c14-12-4-3-11(13(15)16-12)21(18,19)17-9-1-2-10-8(7-9)5-6-20-10/h1-7,17H. The van der Waals surface area contributed by atoms with Crippen LogP contribution in [0.1, 0.15) is 0 Å². The van der Waals surface area contributed by atoms with Gasteiger partial charge in [0.05, 0.1) is 0 Å². The summed E-state index contributed by atoms with van der Waals surface area (Å²) in [6, 6.07) is 9.95. The molecular weight excluding hydrogens is 351 g/mol. The molecule has 0 saturated carbocycles. The van der Waals surface area contributed by atoms with Crippen molar-refractivity contribution in [2.24, 2.45) is 0 Å². The molecule has 1 N–H and O–H groups in total. The fraction of sp³-hybridized carbons (Fsp3) is 0. The van der Waals surface area contributed by atoms with Crippen LogP contribution in [-0.4, -0.2) is 13.4 Å². The number of nitrogens with one attached hydrogen (secondary N) is 1. The van der Waals surface area contributed by atoms with Crippen LogP contribution in [0.2, 0.25) is 10.3 Å². The summed E-state index contributed by atoms with van der Waals surface area (Å²) in [7, 11) is -3.81. The molecule has 8 heteroatoms. The van der Waals surface area contributed by atoms with E-state index in [2.05, 4.69) is 9.71 Å². The van der Waals surface area contributed by atoms with Gasteiger partial charge in [-0.2, -0.15) is 0 Å². The molecule has 0 bridgehead atoms. The van der Waals surface area contributed by atoms with Crippen LogP contribution < -0.4 is 4.72 Å². The van der Waals surface area contributed by atoms with Gasteiger partial charge in [0.1, 0.15) is 10.0 Å². The van der Waals surface area contributed by atoms with Crippen molar-refractivity contribution >= 4 is 60.3 Å². The highest BCUT2D eigenvalue weighted by atomic mass is 35.5. The molecule has 21 heavy (non-hydrogen) atoms. The number of benzene rings is 1. The molecule has 2 heterocycles. The predicted octanol–water partition coefficient (Wildman–Crippen LogP) is 4.40. The minimum absolute atomic E-state index is 0.112. The van der Waals surface area contributed by atoms with Gasteiger partial charge < -0.3 is 0 Å².